The first-order valence-corrected chi connectivity index (χ1v) is 7.20. The van der Waals surface area contributed by atoms with Crippen LogP contribution in [0.5, 0.6) is 5.75 Å². The van der Waals surface area contributed by atoms with Crippen LogP contribution in [0.4, 0.5) is 4.39 Å². The number of halogens is 1. The highest BCUT2D eigenvalue weighted by molar-refractivity contribution is 5.89. The van der Waals surface area contributed by atoms with Gasteiger partial charge in [0, 0.05) is 5.41 Å². The van der Waals surface area contributed by atoms with Crippen molar-refractivity contribution in [3.05, 3.63) is 29.6 Å². The van der Waals surface area contributed by atoms with Crippen molar-refractivity contribution in [2.75, 3.05) is 13.7 Å². The number of carbonyl (C=O) groups is 3. The lowest BCUT2D eigenvalue weighted by Gasteiger charge is -2.19. The zero-order chi connectivity index (χ0) is 18.5. The summed E-state index contributed by atoms with van der Waals surface area (Å²) in [5, 5.41) is 13.9. The summed E-state index contributed by atoms with van der Waals surface area (Å²) in [7, 11) is 1.28. The fraction of sp³-hybridized carbons (Fsp3) is 0.438. The first-order valence-electron chi connectivity index (χ1n) is 7.20. The number of aliphatic carboxylic acids is 1. The van der Waals surface area contributed by atoms with Gasteiger partial charge in [0.25, 0.3) is 0 Å². The number of methoxy groups -OCH3 is 1. The first-order chi connectivity index (χ1) is 11.1. The molecule has 8 heteroatoms. The molecule has 1 rings (SSSR count). The van der Waals surface area contributed by atoms with Gasteiger partial charge in [-0.05, 0) is 17.7 Å². The average Bonchev–Trinajstić information content (AvgIpc) is 2.48. The second-order valence-electron chi connectivity index (χ2n) is 6.17. The molecule has 1 aromatic rings. The number of hydrogen-bond acceptors (Lipinski definition) is 4. The summed E-state index contributed by atoms with van der Waals surface area (Å²) in [6.07, 6.45) is 0. The number of carboxylic acids is 1. The molecule has 0 radical (unpaired) electrons. The molecule has 0 saturated carbocycles. The number of ether oxygens (including phenoxy) is 1. The topological polar surface area (TPSA) is 105 Å². The molecule has 0 aliphatic heterocycles. The average molecular weight is 340 g/mol. The predicted molar refractivity (Wildman–Crippen MR) is 83.9 cm³/mol. The summed E-state index contributed by atoms with van der Waals surface area (Å²) in [6, 6.07) is 2.15. The van der Waals surface area contributed by atoms with E-state index >= 15 is 0 Å². The van der Waals surface area contributed by atoms with Crippen LogP contribution in [-0.2, 0) is 14.4 Å². The third kappa shape index (κ3) is 5.22. The van der Waals surface area contributed by atoms with Gasteiger partial charge >= 0.3 is 5.97 Å². The largest absolute Gasteiger partial charge is 0.494 e. The summed E-state index contributed by atoms with van der Waals surface area (Å²) in [4.78, 5) is 34.9. The number of rotatable bonds is 6. The minimum atomic E-state index is -1.44. The van der Waals surface area contributed by atoms with E-state index in [0.717, 1.165) is 6.07 Å². The van der Waals surface area contributed by atoms with Crippen molar-refractivity contribution < 1.29 is 28.6 Å². The highest BCUT2D eigenvalue weighted by Gasteiger charge is 2.25. The van der Waals surface area contributed by atoms with Crippen LogP contribution in [-0.4, -0.2) is 36.5 Å². The van der Waals surface area contributed by atoms with E-state index in [2.05, 4.69) is 10.6 Å². The van der Waals surface area contributed by atoms with Crippen molar-refractivity contribution in [2.45, 2.75) is 26.8 Å². The van der Waals surface area contributed by atoms with E-state index in [1.54, 1.807) is 20.8 Å². The Labute approximate surface area is 139 Å². The third-order valence-electron chi connectivity index (χ3n) is 3.15. The van der Waals surface area contributed by atoms with Gasteiger partial charge in [0.2, 0.25) is 11.8 Å². The Balaban J connectivity index is 2.80. The minimum Gasteiger partial charge on any atom is -0.494 e. The molecule has 0 fully saturated rings. The molecule has 0 aliphatic carbocycles. The zero-order valence-corrected chi connectivity index (χ0v) is 14.0. The second kappa shape index (κ2) is 7.76. The zero-order valence-electron chi connectivity index (χ0n) is 14.0. The van der Waals surface area contributed by atoms with Crippen molar-refractivity contribution in [3.8, 4) is 5.75 Å². The van der Waals surface area contributed by atoms with Crippen molar-refractivity contribution in [1.82, 2.24) is 10.6 Å². The Morgan fingerprint density at radius 2 is 1.92 bits per heavy atom. The van der Waals surface area contributed by atoms with Crippen molar-refractivity contribution in [1.29, 1.82) is 0 Å². The van der Waals surface area contributed by atoms with E-state index in [4.69, 9.17) is 4.74 Å². The number of nitrogens with one attached hydrogen (secondary N) is 2. The van der Waals surface area contributed by atoms with Gasteiger partial charge in [0.1, 0.15) is 0 Å². The van der Waals surface area contributed by atoms with E-state index < -0.39 is 29.2 Å². The molecule has 24 heavy (non-hydrogen) atoms. The normalized spacial score (nSPS) is 12.2. The fourth-order valence-corrected chi connectivity index (χ4v) is 1.79. The van der Waals surface area contributed by atoms with Crippen LogP contribution in [0, 0.1) is 11.2 Å². The molecular formula is C16H21FN2O5. The maximum atomic E-state index is 13.7. The van der Waals surface area contributed by atoms with Gasteiger partial charge < -0.3 is 20.5 Å². The fourth-order valence-electron chi connectivity index (χ4n) is 1.79. The predicted octanol–water partition coefficient (Wildman–Crippen LogP) is 1.24. The van der Waals surface area contributed by atoms with Gasteiger partial charge in [-0.15, -0.1) is 0 Å². The highest BCUT2D eigenvalue weighted by atomic mass is 19.1. The van der Waals surface area contributed by atoms with Crippen molar-refractivity contribution in [3.63, 3.8) is 0 Å². The number of amides is 2. The van der Waals surface area contributed by atoms with Crippen LogP contribution in [0.15, 0.2) is 18.2 Å². The van der Waals surface area contributed by atoms with Gasteiger partial charge in [-0.2, -0.15) is 0 Å². The Morgan fingerprint density at radius 3 is 2.38 bits per heavy atom. The van der Waals surface area contributed by atoms with Crippen LogP contribution >= 0.6 is 0 Å². The van der Waals surface area contributed by atoms with Gasteiger partial charge in [0.15, 0.2) is 17.6 Å². The van der Waals surface area contributed by atoms with Gasteiger partial charge in [-0.1, -0.05) is 26.8 Å². The lowest BCUT2D eigenvalue weighted by atomic mass is 9.96. The van der Waals surface area contributed by atoms with Crippen molar-refractivity contribution >= 4 is 17.8 Å². The van der Waals surface area contributed by atoms with Crippen LogP contribution in [0.25, 0.3) is 0 Å². The van der Waals surface area contributed by atoms with Crippen molar-refractivity contribution in [2.24, 2.45) is 5.41 Å². The third-order valence-corrected chi connectivity index (χ3v) is 3.15. The van der Waals surface area contributed by atoms with Crippen LogP contribution < -0.4 is 15.4 Å². The summed E-state index contributed by atoms with van der Waals surface area (Å²) < 4.78 is 18.5. The van der Waals surface area contributed by atoms with E-state index in [-0.39, 0.29) is 23.8 Å². The minimum absolute atomic E-state index is 0.0355. The molecule has 1 atom stereocenters. The van der Waals surface area contributed by atoms with E-state index in [0.29, 0.717) is 0 Å². The molecule has 3 N–H and O–H groups in total. The van der Waals surface area contributed by atoms with Crippen LogP contribution in [0.3, 0.4) is 0 Å². The summed E-state index contributed by atoms with van der Waals surface area (Å²) in [6.45, 7) is 4.67. The molecule has 2 amide bonds. The monoisotopic (exact) mass is 340 g/mol. The molecule has 0 spiro atoms. The number of carbonyl (C=O) groups excluding carboxylic acids is 2. The van der Waals surface area contributed by atoms with E-state index in [1.165, 1.54) is 19.2 Å². The van der Waals surface area contributed by atoms with Gasteiger partial charge in [-0.3, -0.25) is 9.59 Å². The Hall–Kier alpha value is -2.64. The molecule has 1 aromatic carbocycles. The summed E-state index contributed by atoms with van der Waals surface area (Å²) in [5.41, 5.74) is -0.623. The second-order valence-corrected chi connectivity index (χ2v) is 6.17. The standard InChI is InChI=1S/C16H21FN2O5/c1-16(2,3)15(23)18-8-12(20)19-13(14(21)22)9-5-6-11(24-4)10(17)7-9/h5-7,13H,8H2,1-4H3,(H,18,23)(H,19,20)(H,21,22). The van der Waals surface area contributed by atoms with E-state index in [1.807, 2.05) is 0 Å². The molecule has 0 saturated heterocycles. The number of hydrogen-bond donors (Lipinski definition) is 3. The molecule has 132 valence electrons. The summed E-state index contributed by atoms with van der Waals surface area (Å²) in [5.74, 6) is -3.17. The first kappa shape index (κ1) is 19.4. The number of carboxylic acid groups (broad SMARTS) is 1. The Kier molecular flexibility index (Phi) is 6.27. The van der Waals surface area contributed by atoms with Crippen LogP contribution in [0.2, 0.25) is 0 Å². The van der Waals surface area contributed by atoms with E-state index in [9.17, 15) is 23.9 Å². The quantitative estimate of drug-likeness (QED) is 0.723. The Bertz CT molecular complexity index is 640. The molecule has 0 bridgehead atoms. The Morgan fingerprint density at radius 1 is 1.29 bits per heavy atom. The van der Waals surface area contributed by atoms with Gasteiger partial charge in [0.05, 0.1) is 13.7 Å². The number of benzene rings is 1. The lowest BCUT2D eigenvalue weighted by molar-refractivity contribution is -0.142. The molecule has 0 aromatic heterocycles. The maximum absolute atomic E-state index is 13.7. The summed E-state index contributed by atoms with van der Waals surface area (Å²) >= 11 is 0. The molecular weight excluding hydrogens is 319 g/mol. The molecule has 0 aliphatic rings. The molecule has 0 heterocycles. The molecule has 7 nitrogen and oxygen atoms in total. The maximum Gasteiger partial charge on any atom is 0.330 e. The lowest BCUT2D eigenvalue weighted by Crippen LogP contribution is -2.43. The van der Waals surface area contributed by atoms with Gasteiger partial charge in [-0.25, -0.2) is 9.18 Å². The molecule has 1 unspecified atom stereocenters. The van der Waals surface area contributed by atoms with Crippen LogP contribution in [0.1, 0.15) is 32.4 Å². The SMILES string of the molecule is COc1ccc(C(NC(=O)CNC(=O)C(C)(C)C)C(=O)O)cc1F. The smallest absolute Gasteiger partial charge is 0.330 e. The highest BCUT2D eigenvalue weighted by Crippen LogP contribution is 2.22.